The van der Waals surface area contributed by atoms with Gasteiger partial charge in [0.1, 0.15) is 22.1 Å². The van der Waals surface area contributed by atoms with E-state index >= 15 is 0 Å². The van der Waals surface area contributed by atoms with Crippen LogP contribution in [0.25, 0.3) is 0 Å². The third-order valence-corrected chi connectivity index (χ3v) is 7.02. The first-order chi connectivity index (χ1) is 18.7. The summed E-state index contributed by atoms with van der Waals surface area (Å²) >= 11 is 1.18. The Labute approximate surface area is 232 Å². The number of hydrogen-bond donors (Lipinski definition) is 2. The zero-order valence-electron chi connectivity index (χ0n) is 22.5. The lowest BCUT2D eigenvalue weighted by atomic mass is 10.1. The molecule has 0 radical (unpaired) electrons. The maximum atomic E-state index is 13.8. The summed E-state index contributed by atoms with van der Waals surface area (Å²) in [5, 5.41) is 6.02. The van der Waals surface area contributed by atoms with Crippen LogP contribution in [-0.2, 0) is 14.4 Å². The van der Waals surface area contributed by atoms with E-state index in [0.717, 1.165) is 15.4 Å². The standard InChI is InChI=1S/C30H31N3O5S/c1-18(2)16-26(34)31-20-9-13-23(14-10-20)39-28-27(32-21-7-11-22(37-4)12-8-21)29(35)33(30(28)36)24-17-19(3)6-15-25(24)38-5/h6-15,17-18,32H,16H2,1-5H3,(H,31,34). The van der Waals surface area contributed by atoms with Crippen molar-refractivity contribution in [3.63, 3.8) is 0 Å². The third-order valence-electron chi connectivity index (χ3n) is 5.93. The molecule has 0 saturated heterocycles. The Hall–Kier alpha value is -4.24. The summed E-state index contributed by atoms with van der Waals surface area (Å²) in [6.07, 6.45) is 0.429. The molecule has 0 atom stereocenters. The van der Waals surface area contributed by atoms with Crippen LogP contribution in [0.1, 0.15) is 25.8 Å². The van der Waals surface area contributed by atoms with Crippen molar-refractivity contribution < 1.29 is 23.9 Å². The number of hydrogen-bond acceptors (Lipinski definition) is 7. The molecule has 0 saturated carbocycles. The number of carbonyl (C=O) groups is 3. The van der Waals surface area contributed by atoms with E-state index in [1.54, 1.807) is 67.8 Å². The molecular formula is C30H31N3O5S. The number of anilines is 3. The Kier molecular flexibility index (Phi) is 8.61. The second-order valence-electron chi connectivity index (χ2n) is 9.45. The Bertz CT molecular complexity index is 1420. The van der Waals surface area contributed by atoms with Crippen LogP contribution < -0.4 is 25.0 Å². The number of nitrogens with zero attached hydrogens (tertiary/aromatic N) is 1. The summed E-state index contributed by atoms with van der Waals surface area (Å²) in [5.74, 6) is 0.338. The smallest absolute Gasteiger partial charge is 0.283 e. The SMILES string of the molecule is COc1ccc(NC2=C(Sc3ccc(NC(=O)CC(C)C)cc3)C(=O)N(c3cc(C)ccc3OC)C2=O)cc1. The molecule has 0 aromatic heterocycles. The summed E-state index contributed by atoms with van der Waals surface area (Å²) < 4.78 is 10.7. The van der Waals surface area contributed by atoms with Crippen molar-refractivity contribution in [3.05, 3.63) is 82.9 Å². The van der Waals surface area contributed by atoms with Gasteiger partial charge in [0.15, 0.2) is 0 Å². The molecule has 4 rings (SSSR count). The Morgan fingerprint density at radius 1 is 0.897 bits per heavy atom. The van der Waals surface area contributed by atoms with E-state index < -0.39 is 11.8 Å². The van der Waals surface area contributed by atoms with Crippen LogP contribution in [0.3, 0.4) is 0 Å². The number of carbonyl (C=O) groups excluding carboxylic acids is 3. The van der Waals surface area contributed by atoms with E-state index in [9.17, 15) is 14.4 Å². The Balaban J connectivity index is 1.66. The van der Waals surface area contributed by atoms with E-state index in [-0.39, 0.29) is 22.4 Å². The van der Waals surface area contributed by atoms with Crippen LogP contribution >= 0.6 is 11.8 Å². The van der Waals surface area contributed by atoms with Gasteiger partial charge in [0.25, 0.3) is 11.8 Å². The minimum atomic E-state index is -0.486. The third kappa shape index (κ3) is 6.43. The number of aryl methyl sites for hydroxylation is 1. The molecule has 3 amide bonds. The molecule has 1 aliphatic rings. The van der Waals surface area contributed by atoms with Gasteiger partial charge in [0.2, 0.25) is 5.91 Å². The first-order valence-electron chi connectivity index (χ1n) is 12.5. The maximum Gasteiger partial charge on any atom is 0.283 e. The largest absolute Gasteiger partial charge is 0.497 e. The van der Waals surface area contributed by atoms with Gasteiger partial charge in [0.05, 0.1) is 19.9 Å². The predicted octanol–water partition coefficient (Wildman–Crippen LogP) is 5.99. The van der Waals surface area contributed by atoms with Gasteiger partial charge in [-0.2, -0.15) is 0 Å². The fourth-order valence-corrected chi connectivity index (χ4v) is 4.96. The van der Waals surface area contributed by atoms with Gasteiger partial charge < -0.3 is 20.1 Å². The van der Waals surface area contributed by atoms with E-state index in [4.69, 9.17) is 9.47 Å². The lowest BCUT2D eigenvalue weighted by molar-refractivity contribution is -0.120. The number of imide groups is 1. The van der Waals surface area contributed by atoms with Crippen molar-refractivity contribution in [1.82, 2.24) is 0 Å². The number of benzene rings is 3. The molecule has 39 heavy (non-hydrogen) atoms. The first-order valence-corrected chi connectivity index (χ1v) is 13.3. The predicted molar refractivity (Wildman–Crippen MR) is 154 cm³/mol. The molecule has 1 heterocycles. The first kappa shape index (κ1) is 27.8. The normalized spacial score (nSPS) is 13.2. The van der Waals surface area contributed by atoms with Crippen LogP contribution in [-0.4, -0.2) is 31.9 Å². The van der Waals surface area contributed by atoms with Crippen LogP contribution in [0.15, 0.2) is 82.2 Å². The average molecular weight is 546 g/mol. The van der Waals surface area contributed by atoms with Gasteiger partial charge in [-0.15, -0.1) is 0 Å². The molecule has 3 aromatic rings. The molecule has 1 aliphatic heterocycles. The van der Waals surface area contributed by atoms with Gasteiger partial charge in [-0.1, -0.05) is 31.7 Å². The summed E-state index contributed by atoms with van der Waals surface area (Å²) in [6, 6.07) is 19.6. The van der Waals surface area contributed by atoms with Crippen LogP contribution in [0.2, 0.25) is 0 Å². The van der Waals surface area contributed by atoms with Crippen molar-refractivity contribution in [1.29, 1.82) is 0 Å². The van der Waals surface area contributed by atoms with Crippen molar-refractivity contribution in [2.45, 2.75) is 32.1 Å². The highest BCUT2D eigenvalue weighted by atomic mass is 32.2. The summed E-state index contributed by atoms with van der Waals surface area (Å²) in [4.78, 5) is 41.8. The number of nitrogens with one attached hydrogen (secondary N) is 2. The second-order valence-corrected chi connectivity index (χ2v) is 10.5. The van der Waals surface area contributed by atoms with Crippen LogP contribution in [0, 0.1) is 12.8 Å². The number of ether oxygens (including phenoxy) is 2. The van der Waals surface area contributed by atoms with Crippen molar-refractivity contribution in [3.8, 4) is 11.5 Å². The van der Waals surface area contributed by atoms with Gasteiger partial charge >= 0.3 is 0 Å². The molecule has 0 bridgehead atoms. The lowest BCUT2D eigenvalue weighted by Crippen LogP contribution is -2.32. The average Bonchev–Trinajstić information content (AvgIpc) is 3.13. The summed E-state index contributed by atoms with van der Waals surface area (Å²) in [6.45, 7) is 5.86. The highest BCUT2D eigenvalue weighted by Gasteiger charge is 2.41. The van der Waals surface area contributed by atoms with Crippen LogP contribution in [0.4, 0.5) is 17.1 Å². The minimum Gasteiger partial charge on any atom is -0.497 e. The molecule has 0 fully saturated rings. The molecule has 0 aliphatic carbocycles. The molecule has 3 aromatic carbocycles. The molecule has 202 valence electrons. The quantitative estimate of drug-likeness (QED) is 0.302. The molecule has 2 N–H and O–H groups in total. The zero-order valence-corrected chi connectivity index (χ0v) is 23.3. The van der Waals surface area contributed by atoms with Crippen LogP contribution in [0.5, 0.6) is 11.5 Å². The summed E-state index contributed by atoms with van der Waals surface area (Å²) in [7, 11) is 3.08. The number of amides is 3. The Morgan fingerprint density at radius 3 is 2.18 bits per heavy atom. The monoisotopic (exact) mass is 545 g/mol. The van der Waals surface area contributed by atoms with E-state index in [1.807, 2.05) is 26.8 Å². The van der Waals surface area contributed by atoms with Gasteiger partial charge in [-0.25, -0.2) is 4.90 Å². The molecule has 9 heteroatoms. The molecule has 0 spiro atoms. The lowest BCUT2D eigenvalue weighted by Gasteiger charge is -2.19. The highest BCUT2D eigenvalue weighted by molar-refractivity contribution is 8.04. The van der Waals surface area contributed by atoms with Crippen molar-refractivity contribution >= 4 is 46.5 Å². The Morgan fingerprint density at radius 2 is 1.56 bits per heavy atom. The fraction of sp³-hybridized carbons (Fsp3) is 0.233. The zero-order chi connectivity index (χ0) is 28.1. The highest BCUT2D eigenvalue weighted by Crippen LogP contribution is 2.41. The fourth-order valence-electron chi connectivity index (χ4n) is 4.03. The van der Waals surface area contributed by atoms with Gasteiger partial charge in [-0.3, -0.25) is 14.4 Å². The molecule has 8 nitrogen and oxygen atoms in total. The maximum absolute atomic E-state index is 13.8. The number of rotatable bonds is 10. The number of thioether (sulfide) groups is 1. The second kappa shape index (κ2) is 12.1. The molecular weight excluding hydrogens is 514 g/mol. The molecule has 0 unspecified atom stereocenters. The van der Waals surface area contributed by atoms with E-state index in [2.05, 4.69) is 10.6 Å². The van der Waals surface area contributed by atoms with Crippen molar-refractivity contribution in [2.24, 2.45) is 5.92 Å². The van der Waals surface area contributed by atoms with E-state index in [1.165, 1.54) is 18.9 Å². The minimum absolute atomic E-state index is 0.0570. The van der Waals surface area contributed by atoms with Crippen molar-refractivity contribution in [2.75, 3.05) is 29.8 Å². The van der Waals surface area contributed by atoms with E-state index in [0.29, 0.717) is 35.0 Å². The van der Waals surface area contributed by atoms with Gasteiger partial charge in [0, 0.05) is 22.7 Å². The number of methoxy groups -OCH3 is 2. The summed E-state index contributed by atoms with van der Waals surface area (Å²) in [5.41, 5.74) is 2.71. The van der Waals surface area contributed by atoms with Gasteiger partial charge in [-0.05, 0) is 79.1 Å². The topological polar surface area (TPSA) is 97.0 Å².